The van der Waals surface area contributed by atoms with E-state index in [1.807, 2.05) is 0 Å². The standard InChI is InChI=1S/C20H19NO4/c1-13(22)21-17-16(9-12-20(25)10-5-2-6-11-20)18(23)14-7-3-4-8-15(14)19(17)24/h3-4,7-8,25H,2,5-6,10-11H2,1H3,(H,21,22). The number of hydrogen-bond acceptors (Lipinski definition) is 4. The third-order valence-electron chi connectivity index (χ3n) is 4.52. The molecule has 3 rings (SSSR count). The fourth-order valence-corrected chi connectivity index (χ4v) is 3.23. The second kappa shape index (κ2) is 6.66. The Morgan fingerprint density at radius 1 is 1.08 bits per heavy atom. The summed E-state index contributed by atoms with van der Waals surface area (Å²) in [5, 5.41) is 13.0. The van der Waals surface area contributed by atoms with Crippen molar-refractivity contribution in [3.8, 4) is 11.8 Å². The van der Waals surface area contributed by atoms with Gasteiger partial charge in [0.15, 0.2) is 0 Å². The minimum Gasteiger partial charge on any atom is -0.378 e. The van der Waals surface area contributed by atoms with Gasteiger partial charge in [-0.25, -0.2) is 0 Å². The van der Waals surface area contributed by atoms with Crippen LogP contribution in [0.3, 0.4) is 0 Å². The minimum absolute atomic E-state index is 0.0575. The lowest BCUT2D eigenvalue weighted by Gasteiger charge is -2.26. The number of ketones is 2. The van der Waals surface area contributed by atoms with Gasteiger partial charge < -0.3 is 10.4 Å². The molecule has 0 heterocycles. The second-order valence-corrected chi connectivity index (χ2v) is 6.48. The Morgan fingerprint density at radius 3 is 2.28 bits per heavy atom. The zero-order valence-corrected chi connectivity index (χ0v) is 14.0. The van der Waals surface area contributed by atoms with Crippen LogP contribution in [0.25, 0.3) is 0 Å². The van der Waals surface area contributed by atoms with Crippen LogP contribution in [0.4, 0.5) is 0 Å². The molecule has 1 amide bonds. The van der Waals surface area contributed by atoms with E-state index >= 15 is 0 Å². The van der Waals surface area contributed by atoms with E-state index in [2.05, 4.69) is 17.2 Å². The fourth-order valence-electron chi connectivity index (χ4n) is 3.23. The van der Waals surface area contributed by atoms with Crippen LogP contribution in [-0.2, 0) is 4.79 Å². The maximum atomic E-state index is 12.8. The Bertz CT molecular complexity index is 848. The highest BCUT2D eigenvalue weighted by atomic mass is 16.3. The van der Waals surface area contributed by atoms with E-state index in [4.69, 9.17) is 0 Å². The summed E-state index contributed by atoms with van der Waals surface area (Å²) in [6, 6.07) is 6.46. The van der Waals surface area contributed by atoms with Gasteiger partial charge in [0.05, 0.1) is 0 Å². The number of carbonyl (C=O) groups excluding carboxylic acids is 3. The van der Waals surface area contributed by atoms with Crippen LogP contribution in [-0.4, -0.2) is 28.2 Å². The van der Waals surface area contributed by atoms with E-state index in [9.17, 15) is 19.5 Å². The molecule has 0 aliphatic heterocycles. The third-order valence-corrected chi connectivity index (χ3v) is 4.52. The van der Waals surface area contributed by atoms with Crippen LogP contribution in [0.2, 0.25) is 0 Å². The SMILES string of the molecule is CC(=O)NC1=C(C#CC2(O)CCCCC2)C(=O)c2ccccc2C1=O. The first-order valence-electron chi connectivity index (χ1n) is 8.37. The normalized spacial score (nSPS) is 19.0. The number of rotatable bonds is 1. The maximum Gasteiger partial charge on any atom is 0.221 e. The molecular weight excluding hydrogens is 318 g/mol. The highest BCUT2D eigenvalue weighted by Crippen LogP contribution is 2.29. The smallest absolute Gasteiger partial charge is 0.221 e. The summed E-state index contributed by atoms with van der Waals surface area (Å²) >= 11 is 0. The van der Waals surface area contributed by atoms with Gasteiger partial charge in [-0.05, 0) is 25.7 Å². The van der Waals surface area contributed by atoms with Crippen LogP contribution < -0.4 is 5.32 Å². The number of nitrogens with one attached hydrogen (secondary N) is 1. The third kappa shape index (κ3) is 3.40. The van der Waals surface area contributed by atoms with Crippen molar-refractivity contribution in [2.45, 2.75) is 44.6 Å². The number of hydrogen-bond donors (Lipinski definition) is 2. The Labute approximate surface area is 146 Å². The fraction of sp³-hybridized carbons (Fsp3) is 0.350. The largest absolute Gasteiger partial charge is 0.378 e. The molecule has 1 saturated carbocycles. The van der Waals surface area contributed by atoms with E-state index in [0.717, 1.165) is 19.3 Å². The van der Waals surface area contributed by atoms with Gasteiger partial charge in [0.1, 0.15) is 16.9 Å². The van der Waals surface area contributed by atoms with Crippen molar-refractivity contribution in [2.24, 2.45) is 0 Å². The zero-order valence-electron chi connectivity index (χ0n) is 14.0. The average molecular weight is 337 g/mol. The molecule has 1 fully saturated rings. The molecule has 25 heavy (non-hydrogen) atoms. The number of fused-ring (bicyclic) bond motifs is 1. The van der Waals surface area contributed by atoms with Crippen molar-refractivity contribution >= 4 is 17.5 Å². The first-order chi connectivity index (χ1) is 11.9. The Kier molecular flexibility index (Phi) is 4.56. The number of amides is 1. The molecule has 5 nitrogen and oxygen atoms in total. The van der Waals surface area contributed by atoms with E-state index in [1.54, 1.807) is 24.3 Å². The summed E-state index contributed by atoms with van der Waals surface area (Å²) in [5.74, 6) is 4.18. The van der Waals surface area contributed by atoms with E-state index < -0.39 is 23.1 Å². The molecule has 0 unspecified atom stereocenters. The number of carbonyl (C=O) groups is 3. The molecule has 0 radical (unpaired) electrons. The lowest BCUT2D eigenvalue weighted by molar-refractivity contribution is -0.118. The predicted molar refractivity (Wildman–Crippen MR) is 91.8 cm³/mol. The molecule has 0 atom stereocenters. The van der Waals surface area contributed by atoms with Crippen molar-refractivity contribution in [2.75, 3.05) is 0 Å². The maximum absolute atomic E-state index is 12.8. The Balaban J connectivity index is 2.08. The quantitative estimate of drug-likeness (QED) is 0.769. The lowest BCUT2D eigenvalue weighted by Crippen LogP contribution is -2.33. The van der Waals surface area contributed by atoms with Crippen LogP contribution in [0.15, 0.2) is 35.5 Å². The summed E-state index contributed by atoms with van der Waals surface area (Å²) < 4.78 is 0. The number of Topliss-reactive ketones (excluding diaryl/α,β-unsaturated/α-hetero) is 2. The van der Waals surface area contributed by atoms with Crippen LogP contribution >= 0.6 is 0 Å². The van der Waals surface area contributed by atoms with Gasteiger partial charge >= 0.3 is 0 Å². The number of allylic oxidation sites excluding steroid dienone is 2. The monoisotopic (exact) mass is 337 g/mol. The van der Waals surface area contributed by atoms with Crippen molar-refractivity contribution in [1.29, 1.82) is 0 Å². The molecule has 0 bridgehead atoms. The topological polar surface area (TPSA) is 83.5 Å². The molecule has 0 spiro atoms. The van der Waals surface area contributed by atoms with Crippen LogP contribution in [0, 0.1) is 11.8 Å². The summed E-state index contributed by atoms with van der Waals surface area (Å²) in [4.78, 5) is 37.0. The van der Waals surface area contributed by atoms with Crippen molar-refractivity contribution in [3.63, 3.8) is 0 Å². The molecule has 0 aromatic heterocycles. The number of aliphatic hydroxyl groups is 1. The summed E-state index contributed by atoms with van der Waals surface area (Å²) in [7, 11) is 0. The van der Waals surface area contributed by atoms with Crippen LogP contribution in [0.1, 0.15) is 59.7 Å². The highest BCUT2D eigenvalue weighted by molar-refractivity contribution is 6.29. The average Bonchev–Trinajstić information content (AvgIpc) is 2.59. The Morgan fingerprint density at radius 2 is 1.68 bits per heavy atom. The van der Waals surface area contributed by atoms with Gasteiger partial charge in [0, 0.05) is 18.1 Å². The molecule has 2 N–H and O–H groups in total. The molecule has 128 valence electrons. The molecule has 5 heteroatoms. The van der Waals surface area contributed by atoms with Crippen molar-refractivity contribution in [1.82, 2.24) is 5.32 Å². The van der Waals surface area contributed by atoms with Gasteiger partial charge in [-0.15, -0.1) is 0 Å². The summed E-state index contributed by atoms with van der Waals surface area (Å²) in [5.41, 5.74) is -0.798. The van der Waals surface area contributed by atoms with Crippen LogP contribution in [0.5, 0.6) is 0 Å². The van der Waals surface area contributed by atoms with Gasteiger partial charge in [-0.2, -0.15) is 0 Å². The van der Waals surface area contributed by atoms with E-state index in [0.29, 0.717) is 12.8 Å². The molecule has 1 aromatic rings. The van der Waals surface area contributed by atoms with Gasteiger partial charge in [-0.1, -0.05) is 42.5 Å². The molecule has 0 saturated heterocycles. The number of benzene rings is 1. The zero-order chi connectivity index (χ0) is 18.0. The molecule has 1 aromatic carbocycles. The van der Waals surface area contributed by atoms with Crippen molar-refractivity contribution in [3.05, 3.63) is 46.7 Å². The van der Waals surface area contributed by atoms with E-state index in [1.165, 1.54) is 6.92 Å². The highest BCUT2D eigenvalue weighted by Gasteiger charge is 2.33. The van der Waals surface area contributed by atoms with Gasteiger partial charge in [0.25, 0.3) is 0 Å². The Hall–Kier alpha value is -2.71. The first-order valence-corrected chi connectivity index (χ1v) is 8.37. The van der Waals surface area contributed by atoms with Crippen molar-refractivity contribution < 1.29 is 19.5 Å². The van der Waals surface area contributed by atoms with E-state index in [-0.39, 0.29) is 22.4 Å². The molecule has 2 aliphatic carbocycles. The van der Waals surface area contributed by atoms with Gasteiger partial charge in [-0.3, -0.25) is 14.4 Å². The molecule has 2 aliphatic rings. The summed E-state index contributed by atoms with van der Waals surface area (Å²) in [6.07, 6.45) is 3.88. The second-order valence-electron chi connectivity index (χ2n) is 6.48. The lowest BCUT2D eigenvalue weighted by atomic mass is 9.83. The van der Waals surface area contributed by atoms with Gasteiger partial charge in [0.2, 0.25) is 17.5 Å². The minimum atomic E-state index is -1.15. The first kappa shape index (κ1) is 17.1. The predicted octanol–water partition coefficient (Wildman–Crippen LogP) is 2.15. The molecular formula is C20H19NO4. The summed E-state index contributed by atoms with van der Waals surface area (Å²) in [6.45, 7) is 1.27.